The lowest BCUT2D eigenvalue weighted by atomic mass is 10.1. The Kier molecular flexibility index (Phi) is 4.72. The number of benzene rings is 2. The topological polar surface area (TPSA) is 47.6 Å². The van der Waals surface area contributed by atoms with E-state index in [2.05, 4.69) is 5.32 Å². The summed E-state index contributed by atoms with van der Waals surface area (Å²) < 4.78 is 11.5. The van der Waals surface area contributed by atoms with Gasteiger partial charge in [0.2, 0.25) is 5.91 Å². The fourth-order valence-electron chi connectivity index (χ4n) is 2.39. The summed E-state index contributed by atoms with van der Waals surface area (Å²) in [6.07, 6.45) is 0.846. The molecule has 4 nitrogen and oxygen atoms in total. The van der Waals surface area contributed by atoms with E-state index in [0.717, 1.165) is 17.1 Å². The first kappa shape index (κ1) is 15.7. The van der Waals surface area contributed by atoms with Crippen molar-refractivity contribution in [1.82, 2.24) is 0 Å². The molecule has 0 aromatic heterocycles. The molecule has 3 rings (SSSR count). The quantitative estimate of drug-likeness (QED) is 0.913. The normalized spacial score (nSPS) is 16.0. The van der Waals surface area contributed by atoms with E-state index in [-0.39, 0.29) is 12.0 Å². The first-order valence-corrected chi connectivity index (χ1v) is 7.94. The highest BCUT2D eigenvalue weighted by atomic mass is 35.5. The molecule has 1 N–H and O–H groups in total. The van der Waals surface area contributed by atoms with Gasteiger partial charge >= 0.3 is 0 Å². The SMILES string of the molecule is Cc1ccc(NC(=O)CCC2COc3ccccc3O2)cc1Cl. The average molecular weight is 332 g/mol. The Morgan fingerprint density at radius 2 is 2.04 bits per heavy atom. The first-order chi connectivity index (χ1) is 11.1. The monoisotopic (exact) mass is 331 g/mol. The van der Waals surface area contributed by atoms with Gasteiger partial charge in [-0.05, 0) is 43.2 Å². The zero-order chi connectivity index (χ0) is 16.2. The molecule has 0 spiro atoms. The van der Waals surface area contributed by atoms with E-state index in [9.17, 15) is 4.79 Å². The second-order valence-electron chi connectivity index (χ2n) is 5.55. The van der Waals surface area contributed by atoms with Crippen molar-refractivity contribution >= 4 is 23.2 Å². The number of aryl methyl sites for hydroxylation is 1. The molecule has 1 heterocycles. The minimum absolute atomic E-state index is 0.0626. The number of nitrogens with one attached hydrogen (secondary N) is 1. The fraction of sp³-hybridized carbons (Fsp3) is 0.278. The van der Waals surface area contributed by atoms with E-state index in [1.807, 2.05) is 43.3 Å². The third-order valence-corrected chi connectivity index (χ3v) is 4.12. The molecule has 120 valence electrons. The molecule has 0 saturated carbocycles. The zero-order valence-electron chi connectivity index (χ0n) is 12.8. The van der Waals surface area contributed by atoms with E-state index in [0.29, 0.717) is 30.2 Å². The molecule has 1 unspecified atom stereocenters. The third-order valence-electron chi connectivity index (χ3n) is 3.72. The minimum Gasteiger partial charge on any atom is -0.486 e. The summed E-state index contributed by atoms with van der Waals surface area (Å²) in [4.78, 5) is 12.0. The van der Waals surface area contributed by atoms with Crippen molar-refractivity contribution in [3.05, 3.63) is 53.1 Å². The van der Waals surface area contributed by atoms with E-state index in [4.69, 9.17) is 21.1 Å². The van der Waals surface area contributed by atoms with Crippen LogP contribution in [0.15, 0.2) is 42.5 Å². The zero-order valence-corrected chi connectivity index (χ0v) is 13.6. The van der Waals surface area contributed by atoms with Crippen LogP contribution in [0, 0.1) is 6.92 Å². The summed E-state index contributed by atoms with van der Waals surface area (Å²) in [5.74, 6) is 1.42. The van der Waals surface area contributed by atoms with Crippen molar-refractivity contribution in [2.75, 3.05) is 11.9 Å². The number of fused-ring (bicyclic) bond motifs is 1. The van der Waals surface area contributed by atoms with Gasteiger partial charge in [0.05, 0.1) is 0 Å². The minimum atomic E-state index is -0.114. The van der Waals surface area contributed by atoms with Gasteiger partial charge in [-0.15, -0.1) is 0 Å². The summed E-state index contributed by atoms with van der Waals surface area (Å²) in [6, 6.07) is 13.0. The lowest BCUT2D eigenvalue weighted by Crippen LogP contribution is -2.30. The highest BCUT2D eigenvalue weighted by Crippen LogP contribution is 2.31. The Labute approximate surface area is 140 Å². The predicted molar refractivity (Wildman–Crippen MR) is 90.4 cm³/mol. The Morgan fingerprint density at radius 1 is 1.26 bits per heavy atom. The van der Waals surface area contributed by atoms with Crippen molar-refractivity contribution < 1.29 is 14.3 Å². The fourth-order valence-corrected chi connectivity index (χ4v) is 2.57. The third kappa shape index (κ3) is 3.96. The highest BCUT2D eigenvalue weighted by molar-refractivity contribution is 6.31. The smallest absolute Gasteiger partial charge is 0.224 e. The highest BCUT2D eigenvalue weighted by Gasteiger charge is 2.21. The van der Waals surface area contributed by atoms with Crippen molar-refractivity contribution in [2.24, 2.45) is 0 Å². The molecule has 2 aromatic rings. The lowest BCUT2D eigenvalue weighted by molar-refractivity contribution is -0.116. The molecule has 0 aliphatic carbocycles. The maximum Gasteiger partial charge on any atom is 0.224 e. The van der Waals surface area contributed by atoms with Crippen LogP contribution in [0.1, 0.15) is 18.4 Å². The number of ether oxygens (including phenoxy) is 2. The molecule has 2 aromatic carbocycles. The molecule has 0 bridgehead atoms. The number of anilines is 1. The van der Waals surface area contributed by atoms with Gasteiger partial charge < -0.3 is 14.8 Å². The first-order valence-electron chi connectivity index (χ1n) is 7.56. The molecular weight excluding hydrogens is 314 g/mol. The molecule has 0 radical (unpaired) electrons. The molecule has 1 aliphatic rings. The summed E-state index contributed by atoms with van der Waals surface area (Å²) in [5.41, 5.74) is 1.69. The van der Waals surface area contributed by atoms with Gasteiger partial charge in [-0.1, -0.05) is 29.8 Å². The van der Waals surface area contributed by atoms with Crippen LogP contribution in [0.3, 0.4) is 0 Å². The van der Waals surface area contributed by atoms with Crippen LogP contribution < -0.4 is 14.8 Å². The maximum absolute atomic E-state index is 12.0. The van der Waals surface area contributed by atoms with Crippen molar-refractivity contribution in [3.8, 4) is 11.5 Å². The van der Waals surface area contributed by atoms with Crippen LogP contribution >= 0.6 is 11.6 Å². The summed E-state index contributed by atoms with van der Waals surface area (Å²) in [5, 5.41) is 3.49. The Balaban J connectivity index is 1.51. The van der Waals surface area contributed by atoms with Crippen LogP contribution in [0.25, 0.3) is 0 Å². The molecule has 1 aliphatic heterocycles. The molecule has 0 saturated heterocycles. The Bertz CT molecular complexity index is 717. The average Bonchev–Trinajstić information content (AvgIpc) is 2.56. The Hall–Kier alpha value is -2.20. The van der Waals surface area contributed by atoms with Gasteiger partial charge in [0.1, 0.15) is 12.7 Å². The van der Waals surface area contributed by atoms with Crippen LogP contribution in [-0.2, 0) is 4.79 Å². The number of para-hydroxylation sites is 2. The van der Waals surface area contributed by atoms with Crippen molar-refractivity contribution in [2.45, 2.75) is 25.9 Å². The molecule has 1 amide bonds. The summed E-state index contributed by atoms with van der Waals surface area (Å²) >= 11 is 6.06. The second-order valence-corrected chi connectivity index (χ2v) is 5.96. The van der Waals surface area contributed by atoms with E-state index in [1.165, 1.54) is 0 Å². The van der Waals surface area contributed by atoms with Crippen molar-refractivity contribution in [1.29, 1.82) is 0 Å². The number of hydrogen-bond donors (Lipinski definition) is 1. The van der Waals surface area contributed by atoms with Gasteiger partial charge in [-0.2, -0.15) is 0 Å². The number of rotatable bonds is 4. The Morgan fingerprint density at radius 3 is 2.83 bits per heavy atom. The van der Waals surface area contributed by atoms with E-state index < -0.39 is 0 Å². The standard InChI is InChI=1S/C18H18ClNO3/c1-12-6-7-13(10-15(12)19)20-18(21)9-8-14-11-22-16-4-2-3-5-17(16)23-14/h2-7,10,14H,8-9,11H2,1H3,(H,20,21). The van der Waals surface area contributed by atoms with Crippen LogP contribution in [0.2, 0.25) is 5.02 Å². The number of carbonyl (C=O) groups excluding carboxylic acids is 1. The molecule has 1 atom stereocenters. The predicted octanol–water partition coefficient (Wildman–Crippen LogP) is 4.21. The maximum atomic E-state index is 12.0. The van der Waals surface area contributed by atoms with Crippen LogP contribution in [0.5, 0.6) is 11.5 Å². The molecule has 5 heteroatoms. The van der Waals surface area contributed by atoms with Gasteiger partial charge in [0.25, 0.3) is 0 Å². The van der Waals surface area contributed by atoms with Gasteiger partial charge in [0, 0.05) is 17.1 Å². The number of hydrogen-bond acceptors (Lipinski definition) is 3. The van der Waals surface area contributed by atoms with Gasteiger partial charge in [-0.25, -0.2) is 0 Å². The van der Waals surface area contributed by atoms with Crippen LogP contribution in [0.4, 0.5) is 5.69 Å². The van der Waals surface area contributed by atoms with Crippen molar-refractivity contribution in [3.63, 3.8) is 0 Å². The van der Waals surface area contributed by atoms with E-state index >= 15 is 0 Å². The largest absolute Gasteiger partial charge is 0.486 e. The van der Waals surface area contributed by atoms with Gasteiger partial charge in [0.15, 0.2) is 11.5 Å². The molecule has 0 fully saturated rings. The second kappa shape index (κ2) is 6.92. The molecule has 23 heavy (non-hydrogen) atoms. The molecular formula is C18H18ClNO3. The summed E-state index contributed by atoms with van der Waals surface area (Å²) in [6.45, 7) is 2.38. The van der Waals surface area contributed by atoms with E-state index in [1.54, 1.807) is 6.07 Å². The lowest BCUT2D eigenvalue weighted by Gasteiger charge is -2.26. The summed E-state index contributed by atoms with van der Waals surface area (Å²) in [7, 11) is 0. The van der Waals surface area contributed by atoms with Gasteiger partial charge in [-0.3, -0.25) is 4.79 Å². The number of amides is 1. The number of halogens is 1. The van der Waals surface area contributed by atoms with Crippen LogP contribution in [-0.4, -0.2) is 18.6 Å². The number of carbonyl (C=O) groups is 1.